The summed E-state index contributed by atoms with van der Waals surface area (Å²) in [5, 5.41) is 10.2. The number of aliphatic hydroxyl groups is 1. The van der Waals surface area contributed by atoms with Crippen LogP contribution in [0.25, 0.3) is 0 Å². The van der Waals surface area contributed by atoms with Crippen molar-refractivity contribution >= 4 is 6.29 Å². The van der Waals surface area contributed by atoms with Gasteiger partial charge in [-0.15, -0.1) is 0 Å². The summed E-state index contributed by atoms with van der Waals surface area (Å²) in [7, 11) is 0. The quantitative estimate of drug-likeness (QED) is 0.767. The third-order valence-corrected chi connectivity index (χ3v) is 3.24. The van der Waals surface area contributed by atoms with Gasteiger partial charge in [-0.1, -0.05) is 37.1 Å². The minimum atomic E-state index is -0.570. The molecule has 0 heterocycles. The molecule has 0 unspecified atom stereocenters. The minimum absolute atomic E-state index is 0.570. The molecule has 1 saturated carbocycles. The lowest BCUT2D eigenvalue weighted by Crippen LogP contribution is -2.27. The summed E-state index contributed by atoms with van der Waals surface area (Å²) in [4.78, 5) is 10.8. The smallest absolute Gasteiger partial charge is 0.150 e. The van der Waals surface area contributed by atoms with Gasteiger partial charge < -0.3 is 5.11 Å². The molecule has 0 aliphatic heterocycles. The monoisotopic (exact) mass is 204 g/mol. The topological polar surface area (TPSA) is 37.3 Å². The maximum absolute atomic E-state index is 10.8. The van der Waals surface area contributed by atoms with Crippen molar-refractivity contribution in [2.75, 3.05) is 0 Å². The Hall–Kier alpha value is -1.15. The van der Waals surface area contributed by atoms with Crippen LogP contribution in [0.2, 0.25) is 0 Å². The van der Waals surface area contributed by atoms with Gasteiger partial charge in [0.15, 0.2) is 0 Å². The van der Waals surface area contributed by atoms with Gasteiger partial charge in [0.1, 0.15) is 6.29 Å². The van der Waals surface area contributed by atoms with Gasteiger partial charge in [-0.05, 0) is 18.4 Å². The van der Waals surface area contributed by atoms with Crippen molar-refractivity contribution in [2.45, 2.75) is 37.7 Å². The molecule has 0 aromatic heterocycles. The van der Waals surface area contributed by atoms with Gasteiger partial charge in [0, 0.05) is 12.0 Å². The van der Waals surface area contributed by atoms with Crippen LogP contribution < -0.4 is 0 Å². The zero-order valence-corrected chi connectivity index (χ0v) is 8.78. The molecule has 0 radical (unpaired) electrons. The first-order chi connectivity index (χ1) is 7.23. The number of aldehydes is 1. The lowest BCUT2D eigenvalue weighted by Gasteiger charge is -2.22. The Labute approximate surface area is 89.9 Å². The van der Waals surface area contributed by atoms with Crippen LogP contribution in [0.1, 0.15) is 41.6 Å². The van der Waals surface area contributed by atoms with Crippen LogP contribution in [0, 0.1) is 0 Å². The minimum Gasteiger partial charge on any atom is -0.390 e. The molecule has 15 heavy (non-hydrogen) atoms. The predicted octanol–water partition coefficient (Wildman–Crippen LogP) is 2.35. The number of carbonyl (C=O) groups excluding carboxylic acids is 1. The van der Waals surface area contributed by atoms with Crippen LogP contribution in [-0.4, -0.2) is 17.0 Å². The molecule has 2 rings (SSSR count). The lowest BCUT2D eigenvalue weighted by atomic mass is 9.91. The Bertz CT molecular complexity index is 351. The third-order valence-electron chi connectivity index (χ3n) is 3.24. The Morgan fingerprint density at radius 2 is 1.93 bits per heavy atom. The predicted molar refractivity (Wildman–Crippen MR) is 59.0 cm³/mol. The van der Waals surface area contributed by atoms with E-state index in [4.69, 9.17) is 0 Å². The first kappa shape index (κ1) is 10.4. The standard InChI is InChI=1S/C13H16O2/c14-10-12-6-2-1-5-11(12)9-13(15)7-3-4-8-13/h1-2,5-6,10,15H,3-4,7-9H2. The van der Waals surface area contributed by atoms with Crippen molar-refractivity contribution in [3.8, 4) is 0 Å². The largest absolute Gasteiger partial charge is 0.390 e. The summed E-state index contributed by atoms with van der Waals surface area (Å²) in [6.45, 7) is 0. The van der Waals surface area contributed by atoms with Crippen LogP contribution in [0.3, 0.4) is 0 Å². The number of hydrogen-bond acceptors (Lipinski definition) is 2. The average molecular weight is 204 g/mol. The second kappa shape index (κ2) is 4.15. The summed E-state index contributed by atoms with van der Waals surface area (Å²) in [5.41, 5.74) is 1.11. The molecule has 2 nitrogen and oxygen atoms in total. The van der Waals surface area contributed by atoms with Gasteiger partial charge >= 0.3 is 0 Å². The van der Waals surface area contributed by atoms with Gasteiger partial charge in [0.25, 0.3) is 0 Å². The Balaban J connectivity index is 2.19. The van der Waals surface area contributed by atoms with Gasteiger partial charge in [-0.3, -0.25) is 4.79 Å². The molecule has 0 spiro atoms. The molecular weight excluding hydrogens is 188 g/mol. The molecule has 2 heteroatoms. The van der Waals surface area contributed by atoms with Gasteiger partial charge in [-0.25, -0.2) is 0 Å². The van der Waals surface area contributed by atoms with Crippen molar-refractivity contribution in [2.24, 2.45) is 0 Å². The van der Waals surface area contributed by atoms with E-state index in [1.165, 1.54) is 0 Å². The van der Waals surface area contributed by atoms with Crippen LogP contribution >= 0.6 is 0 Å². The van der Waals surface area contributed by atoms with E-state index in [2.05, 4.69) is 0 Å². The zero-order chi connectivity index (χ0) is 10.7. The van der Waals surface area contributed by atoms with Crippen molar-refractivity contribution < 1.29 is 9.90 Å². The zero-order valence-electron chi connectivity index (χ0n) is 8.78. The molecule has 1 fully saturated rings. The SMILES string of the molecule is O=Cc1ccccc1CC1(O)CCCC1. The molecule has 1 N–H and O–H groups in total. The van der Waals surface area contributed by atoms with E-state index in [1.807, 2.05) is 18.2 Å². The molecule has 0 bridgehead atoms. The van der Waals surface area contributed by atoms with Gasteiger partial charge in [0.05, 0.1) is 5.60 Å². The number of benzene rings is 1. The summed E-state index contributed by atoms with van der Waals surface area (Å²) in [6.07, 6.45) is 5.40. The van der Waals surface area contributed by atoms with E-state index in [1.54, 1.807) is 6.07 Å². The normalized spacial score (nSPS) is 19.0. The van der Waals surface area contributed by atoms with E-state index in [0.717, 1.165) is 37.5 Å². The highest BCUT2D eigenvalue weighted by molar-refractivity contribution is 5.77. The number of hydrogen-bond donors (Lipinski definition) is 1. The average Bonchev–Trinajstić information content (AvgIpc) is 2.66. The Kier molecular flexibility index (Phi) is 2.87. The Morgan fingerprint density at radius 3 is 2.60 bits per heavy atom. The first-order valence-corrected chi connectivity index (χ1v) is 5.49. The van der Waals surface area contributed by atoms with Crippen LogP contribution in [0.5, 0.6) is 0 Å². The van der Waals surface area contributed by atoms with Crippen LogP contribution in [-0.2, 0) is 6.42 Å². The molecule has 0 saturated heterocycles. The number of rotatable bonds is 3. The highest BCUT2D eigenvalue weighted by Gasteiger charge is 2.31. The van der Waals surface area contributed by atoms with Crippen molar-refractivity contribution in [1.29, 1.82) is 0 Å². The molecule has 1 aromatic carbocycles. The van der Waals surface area contributed by atoms with E-state index >= 15 is 0 Å². The van der Waals surface area contributed by atoms with E-state index in [-0.39, 0.29) is 0 Å². The summed E-state index contributed by atoms with van der Waals surface area (Å²) < 4.78 is 0. The highest BCUT2D eigenvalue weighted by Crippen LogP contribution is 2.32. The van der Waals surface area contributed by atoms with Crippen LogP contribution in [0.4, 0.5) is 0 Å². The molecule has 0 amide bonds. The second-order valence-corrected chi connectivity index (χ2v) is 4.42. The third kappa shape index (κ3) is 2.26. The molecule has 1 aliphatic carbocycles. The maximum Gasteiger partial charge on any atom is 0.150 e. The summed E-state index contributed by atoms with van der Waals surface area (Å²) in [6, 6.07) is 7.51. The van der Waals surface area contributed by atoms with E-state index in [0.29, 0.717) is 12.0 Å². The van der Waals surface area contributed by atoms with Crippen molar-refractivity contribution in [1.82, 2.24) is 0 Å². The second-order valence-electron chi connectivity index (χ2n) is 4.42. The van der Waals surface area contributed by atoms with Crippen molar-refractivity contribution in [3.63, 3.8) is 0 Å². The summed E-state index contributed by atoms with van der Waals surface area (Å²) >= 11 is 0. The van der Waals surface area contributed by atoms with Gasteiger partial charge in [0.2, 0.25) is 0 Å². The fourth-order valence-electron chi connectivity index (χ4n) is 2.37. The fourth-order valence-corrected chi connectivity index (χ4v) is 2.37. The van der Waals surface area contributed by atoms with Gasteiger partial charge in [-0.2, -0.15) is 0 Å². The molecule has 1 aromatic rings. The van der Waals surface area contributed by atoms with Crippen molar-refractivity contribution in [3.05, 3.63) is 35.4 Å². The molecule has 80 valence electrons. The van der Waals surface area contributed by atoms with E-state index < -0.39 is 5.60 Å². The molecule has 1 aliphatic rings. The van der Waals surface area contributed by atoms with Crippen LogP contribution in [0.15, 0.2) is 24.3 Å². The molecular formula is C13H16O2. The first-order valence-electron chi connectivity index (χ1n) is 5.49. The maximum atomic E-state index is 10.8. The fraction of sp³-hybridized carbons (Fsp3) is 0.462. The highest BCUT2D eigenvalue weighted by atomic mass is 16.3. The number of carbonyl (C=O) groups is 1. The summed E-state index contributed by atoms with van der Waals surface area (Å²) in [5.74, 6) is 0. The Morgan fingerprint density at radius 1 is 1.27 bits per heavy atom. The van der Waals surface area contributed by atoms with E-state index in [9.17, 15) is 9.90 Å². The lowest BCUT2D eigenvalue weighted by molar-refractivity contribution is 0.0480. The molecule has 0 atom stereocenters.